The van der Waals surface area contributed by atoms with E-state index in [4.69, 9.17) is 0 Å². The SMILES string of the molecule is CCCN1CCCC(Nc2ccc(C)c(F)c2)CC1. The van der Waals surface area contributed by atoms with Crippen LogP contribution >= 0.6 is 0 Å². The molecule has 0 aromatic heterocycles. The minimum atomic E-state index is -0.119. The number of nitrogens with zero attached hydrogens (tertiary/aromatic N) is 1. The Bertz CT molecular complexity index is 406. The summed E-state index contributed by atoms with van der Waals surface area (Å²) in [6, 6.07) is 5.92. The lowest BCUT2D eigenvalue weighted by atomic mass is 10.1. The molecule has 1 unspecified atom stereocenters. The third-order valence-corrected chi connectivity index (χ3v) is 3.90. The molecule has 1 atom stereocenters. The van der Waals surface area contributed by atoms with E-state index in [9.17, 15) is 4.39 Å². The van der Waals surface area contributed by atoms with Crippen molar-refractivity contribution >= 4 is 5.69 Å². The number of rotatable bonds is 4. The van der Waals surface area contributed by atoms with Crippen molar-refractivity contribution in [2.45, 2.75) is 45.6 Å². The zero-order valence-electron chi connectivity index (χ0n) is 12.1. The van der Waals surface area contributed by atoms with Crippen LogP contribution in [0, 0.1) is 12.7 Å². The fourth-order valence-corrected chi connectivity index (χ4v) is 2.76. The van der Waals surface area contributed by atoms with Crippen LogP contribution in [-0.4, -0.2) is 30.6 Å². The summed E-state index contributed by atoms with van der Waals surface area (Å²) in [6.45, 7) is 7.59. The highest BCUT2D eigenvalue weighted by Crippen LogP contribution is 2.19. The second-order valence-corrected chi connectivity index (χ2v) is 5.58. The summed E-state index contributed by atoms with van der Waals surface area (Å²) < 4.78 is 13.5. The third-order valence-electron chi connectivity index (χ3n) is 3.90. The van der Waals surface area contributed by atoms with Gasteiger partial charge in [-0.3, -0.25) is 0 Å². The Labute approximate surface area is 116 Å². The van der Waals surface area contributed by atoms with Gasteiger partial charge < -0.3 is 10.2 Å². The monoisotopic (exact) mass is 264 g/mol. The van der Waals surface area contributed by atoms with Gasteiger partial charge in [-0.15, -0.1) is 0 Å². The molecule has 3 heteroatoms. The number of nitrogens with one attached hydrogen (secondary N) is 1. The fraction of sp³-hybridized carbons (Fsp3) is 0.625. The highest BCUT2D eigenvalue weighted by molar-refractivity contribution is 5.46. The molecule has 0 aliphatic carbocycles. The third kappa shape index (κ3) is 4.20. The Kier molecular flexibility index (Phi) is 5.20. The van der Waals surface area contributed by atoms with Crippen molar-refractivity contribution in [3.05, 3.63) is 29.6 Å². The summed E-state index contributed by atoms with van der Waals surface area (Å²) in [5.74, 6) is -0.119. The minimum Gasteiger partial charge on any atom is -0.382 e. The Morgan fingerprint density at radius 2 is 2.16 bits per heavy atom. The van der Waals surface area contributed by atoms with E-state index in [1.165, 1.54) is 32.4 Å². The van der Waals surface area contributed by atoms with Gasteiger partial charge in [-0.25, -0.2) is 4.39 Å². The molecule has 1 heterocycles. The summed E-state index contributed by atoms with van der Waals surface area (Å²) in [5.41, 5.74) is 1.62. The number of halogens is 1. The van der Waals surface area contributed by atoms with Crippen LogP contribution in [0.25, 0.3) is 0 Å². The number of anilines is 1. The van der Waals surface area contributed by atoms with Crippen molar-refractivity contribution in [1.82, 2.24) is 4.90 Å². The van der Waals surface area contributed by atoms with Gasteiger partial charge in [0.05, 0.1) is 0 Å². The molecule has 1 fully saturated rings. The Hall–Kier alpha value is -1.09. The van der Waals surface area contributed by atoms with Crippen LogP contribution in [-0.2, 0) is 0 Å². The Morgan fingerprint density at radius 3 is 2.89 bits per heavy atom. The standard InChI is InChI=1S/C16H25FN2/c1-3-9-19-10-4-5-14(8-11-19)18-15-7-6-13(2)16(17)12-15/h6-7,12,14,18H,3-5,8-11H2,1-2H3. The molecule has 1 aliphatic rings. The zero-order chi connectivity index (χ0) is 13.7. The topological polar surface area (TPSA) is 15.3 Å². The Morgan fingerprint density at radius 1 is 1.32 bits per heavy atom. The lowest BCUT2D eigenvalue weighted by Gasteiger charge is -2.20. The molecular weight excluding hydrogens is 239 g/mol. The van der Waals surface area contributed by atoms with Crippen molar-refractivity contribution in [3.8, 4) is 0 Å². The molecule has 2 rings (SSSR count). The lowest BCUT2D eigenvalue weighted by Crippen LogP contribution is -2.27. The first kappa shape index (κ1) is 14.3. The number of hydrogen-bond acceptors (Lipinski definition) is 2. The van der Waals surface area contributed by atoms with E-state index in [0.29, 0.717) is 11.6 Å². The van der Waals surface area contributed by atoms with E-state index >= 15 is 0 Å². The molecular formula is C16H25FN2. The largest absolute Gasteiger partial charge is 0.382 e. The molecule has 0 saturated carbocycles. The van der Waals surface area contributed by atoms with E-state index in [0.717, 1.165) is 18.7 Å². The van der Waals surface area contributed by atoms with Crippen molar-refractivity contribution in [2.75, 3.05) is 25.0 Å². The summed E-state index contributed by atoms with van der Waals surface area (Å²) in [6.07, 6.45) is 4.78. The molecule has 1 aromatic carbocycles. The van der Waals surface area contributed by atoms with Gasteiger partial charge in [-0.2, -0.15) is 0 Å². The summed E-state index contributed by atoms with van der Waals surface area (Å²) >= 11 is 0. The maximum Gasteiger partial charge on any atom is 0.128 e. The van der Waals surface area contributed by atoms with Gasteiger partial charge in [0, 0.05) is 18.3 Å². The van der Waals surface area contributed by atoms with Crippen molar-refractivity contribution in [3.63, 3.8) is 0 Å². The molecule has 0 amide bonds. The van der Waals surface area contributed by atoms with Crippen LogP contribution < -0.4 is 5.32 Å². The maximum atomic E-state index is 13.5. The summed E-state index contributed by atoms with van der Waals surface area (Å²) in [4.78, 5) is 2.54. The molecule has 2 nitrogen and oxygen atoms in total. The molecule has 19 heavy (non-hydrogen) atoms. The van der Waals surface area contributed by atoms with Gasteiger partial charge in [0.2, 0.25) is 0 Å². The number of aryl methyl sites for hydroxylation is 1. The minimum absolute atomic E-state index is 0.119. The lowest BCUT2D eigenvalue weighted by molar-refractivity contribution is 0.285. The molecule has 0 spiro atoms. The quantitative estimate of drug-likeness (QED) is 0.889. The normalized spacial score (nSPS) is 21.1. The second-order valence-electron chi connectivity index (χ2n) is 5.58. The summed E-state index contributed by atoms with van der Waals surface area (Å²) in [7, 11) is 0. The van der Waals surface area contributed by atoms with Crippen LogP contribution in [0.1, 0.15) is 38.2 Å². The second kappa shape index (κ2) is 6.90. The molecule has 1 N–H and O–H groups in total. The number of likely N-dealkylation sites (tertiary alicyclic amines) is 1. The van der Waals surface area contributed by atoms with Gasteiger partial charge in [0.1, 0.15) is 5.82 Å². The average Bonchev–Trinajstić information content (AvgIpc) is 2.60. The van der Waals surface area contributed by atoms with E-state index < -0.39 is 0 Å². The first-order valence-corrected chi connectivity index (χ1v) is 7.44. The number of hydrogen-bond donors (Lipinski definition) is 1. The molecule has 1 saturated heterocycles. The maximum absolute atomic E-state index is 13.5. The first-order valence-electron chi connectivity index (χ1n) is 7.44. The average molecular weight is 264 g/mol. The molecule has 1 aromatic rings. The van der Waals surface area contributed by atoms with Crippen molar-refractivity contribution in [2.24, 2.45) is 0 Å². The molecule has 106 valence electrons. The predicted molar refractivity (Wildman–Crippen MR) is 79.1 cm³/mol. The van der Waals surface area contributed by atoms with Crippen LogP contribution in [0.3, 0.4) is 0 Å². The highest BCUT2D eigenvalue weighted by Gasteiger charge is 2.16. The smallest absolute Gasteiger partial charge is 0.128 e. The molecule has 0 radical (unpaired) electrons. The van der Waals surface area contributed by atoms with Crippen LogP contribution in [0.4, 0.5) is 10.1 Å². The highest BCUT2D eigenvalue weighted by atomic mass is 19.1. The van der Waals surface area contributed by atoms with Gasteiger partial charge in [-0.1, -0.05) is 13.0 Å². The van der Waals surface area contributed by atoms with Gasteiger partial charge in [0.25, 0.3) is 0 Å². The van der Waals surface area contributed by atoms with Crippen molar-refractivity contribution in [1.29, 1.82) is 0 Å². The van der Waals surface area contributed by atoms with Gasteiger partial charge in [0.15, 0.2) is 0 Å². The van der Waals surface area contributed by atoms with Crippen molar-refractivity contribution < 1.29 is 4.39 Å². The fourth-order valence-electron chi connectivity index (χ4n) is 2.76. The Balaban J connectivity index is 1.90. The van der Waals surface area contributed by atoms with E-state index in [1.807, 2.05) is 12.1 Å². The molecule has 1 aliphatic heterocycles. The summed E-state index contributed by atoms with van der Waals surface area (Å²) in [5, 5.41) is 3.48. The van der Waals surface area contributed by atoms with Crippen LogP contribution in [0.5, 0.6) is 0 Å². The van der Waals surface area contributed by atoms with E-state index in [-0.39, 0.29) is 5.82 Å². The van der Waals surface area contributed by atoms with E-state index in [1.54, 1.807) is 13.0 Å². The molecule has 0 bridgehead atoms. The van der Waals surface area contributed by atoms with Gasteiger partial charge >= 0.3 is 0 Å². The van der Waals surface area contributed by atoms with Gasteiger partial charge in [-0.05, 0) is 63.4 Å². The predicted octanol–water partition coefficient (Wildman–Crippen LogP) is 3.81. The zero-order valence-corrected chi connectivity index (χ0v) is 12.1. The number of benzene rings is 1. The first-order chi connectivity index (χ1) is 9.19. The van der Waals surface area contributed by atoms with Crippen LogP contribution in [0.15, 0.2) is 18.2 Å². The van der Waals surface area contributed by atoms with Crippen LogP contribution in [0.2, 0.25) is 0 Å². The van der Waals surface area contributed by atoms with E-state index in [2.05, 4.69) is 17.1 Å².